The van der Waals surface area contributed by atoms with Crippen molar-refractivity contribution >= 4 is 17.4 Å². The van der Waals surface area contributed by atoms with Crippen molar-refractivity contribution in [2.75, 3.05) is 13.2 Å². The van der Waals surface area contributed by atoms with Crippen LogP contribution in [-0.4, -0.2) is 19.0 Å². The molecule has 0 aliphatic carbocycles. The maximum Gasteiger partial charge on any atom is 0.168 e. The van der Waals surface area contributed by atoms with Crippen LogP contribution in [-0.2, 0) is 11.2 Å². The molecule has 0 atom stereocenters. The largest absolute Gasteiger partial charge is 0.486 e. The Bertz CT molecular complexity index is 445. The molecule has 1 aromatic carbocycles. The average molecular weight is 245 g/mol. The highest BCUT2D eigenvalue weighted by atomic mass is 35.5. The second-order valence-corrected chi connectivity index (χ2v) is 3.96. The minimum Gasteiger partial charge on any atom is -0.486 e. The van der Waals surface area contributed by atoms with Crippen molar-refractivity contribution < 1.29 is 18.7 Å². The van der Waals surface area contributed by atoms with Gasteiger partial charge in [0.15, 0.2) is 11.5 Å². The fraction of sp³-hybridized carbons (Fsp3) is 0.364. The van der Waals surface area contributed by atoms with Gasteiger partial charge in [0.2, 0.25) is 0 Å². The van der Waals surface area contributed by atoms with Crippen LogP contribution in [0.2, 0.25) is 5.02 Å². The molecular formula is C11H10ClFO3. The highest BCUT2D eigenvalue weighted by molar-refractivity contribution is 6.31. The molecule has 0 amide bonds. The maximum absolute atomic E-state index is 13.7. The Hall–Kier alpha value is -1.29. The Balaban J connectivity index is 2.54. The second kappa shape index (κ2) is 4.29. The van der Waals surface area contributed by atoms with E-state index >= 15 is 0 Å². The Labute approximate surface area is 97.1 Å². The molecule has 16 heavy (non-hydrogen) atoms. The summed E-state index contributed by atoms with van der Waals surface area (Å²) in [6.07, 6.45) is -0.0436. The van der Waals surface area contributed by atoms with Gasteiger partial charge >= 0.3 is 0 Å². The number of hydrogen-bond donors (Lipinski definition) is 0. The number of carbonyl (C=O) groups is 1. The minimum absolute atomic E-state index is 0.0436. The molecule has 3 nitrogen and oxygen atoms in total. The van der Waals surface area contributed by atoms with E-state index < -0.39 is 5.82 Å². The number of halogens is 2. The van der Waals surface area contributed by atoms with Gasteiger partial charge in [-0.3, -0.25) is 4.79 Å². The number of ketones is 1. The van der Waals surface area contributed by atoms with Crippen LogP contribution in [0.3, 0.4) is 0 Å². The predicted octanol–water partition coefficient (Wildman–Crippen LogP) is 2.38. The summed E-state index contributed by atoms with van der Waals surface area (Å²) in [5.41, 5.74) is 0.176. The topological polar surface area (TPSA) is 35.5 Å². The molecule has 2 rings (SSSR count). The van der Waals surface area contributed by atoms with Crippen LogP contribution in [0.4, 0.5) is 4.39 Å². The van der Waals surface area contributed by atoms with Crippen LogP contribution in [0.25, 0.3) is 0 Å². The van der Waals surface area contributed by atoms with Crippen molar-refractivity contribution in [3.63, 3.8) is 0 Å². The van der Waals surface area contributed by atoms with Gasteiger partial charge in [-0.2, -0.15) is 0 Å². The zero-order chi connectivity index (χ0) is 11.7. The standard InChI is InChI=1S/C11H10ClFO3/c1-6(14)4-7-10(13)8(12)5-9-11(7)16-3-2-15-9/h5H,2-4H2,1H3. The lowest BCUT2D eigenvalue weighted by Gasteiger charge is -2.21. The maximum atomic E-state index is 13.7. The van der Waals surface area contributed by atoms with Crippen LogP contribution in [0.5, 0.6) is 11.5 Å². The number of Topliss-reactive ketones (excluding diaryl/α,β-unsaturated/α-hetero) is 1. The molecule has 0 spiro atoms. The summed E-state index contributed by atoms with van der Waals surface area (Å²) in [6, 6.07) is 1.37. The Morgan fingerprint density at radius 2 is 2.19 bits per heavy atom. The average Bonchev–Trinajstić information content (AvgIpc) is 2.24. The van der Waals surface area contributed by atoms with Gasteiger partial charge in [-0.05, 0) is 6.92 Å². The summed E-state index contributed by atoms with van der Waals surface area (Å²) in [5, 5.41) is -0.0551. The molecule has 0 bridgehead atoms. The van der Waals surface area contributed by atoms with E-state index in [0.29, 0.717) is 24.7 Å². The molecule has 0 unspecified atom stereocenters. The lowest BCUT2D eigenvalue weighted by Crippen LogP contribution is -2.18. The number of benzene rings is 1. The first-order chi connectivity index (χ1) is 7.59. The van der Waals surface area contributed by atoms with E-state index in [2.05, 4.69) is 0 Å². The molecule has 86 valence electrons. The summed E-state index contributed by atoms with van der Waals surface area (Å²) in [7, 11) is 0. The number of ether oxygens (including phenoxy) is 2. The zero-order valence-corrected chi connectivity index (χ0v) is 9.44. The molecule has 1 heterocycles. The third-order valence-electron chi connectivity index (χ3n) is 2.24. The summed E-state index contributed by atoms with van der Waals surface area (Å²) < 4.78 is 24.3. The van der Waals surface area contributed by atoms with Crippen molar-refractivity contribution in [2.45, 2.75) is 13.3 Å². The lowest BCUT2D eigenvalue weighted by atomic mass is 10.1. The second-order valence-electron chi connectivity index (χ2n) is 3.55. The lowest BCUT2D eigenvalue weighted by molar-refractivity contribution is -0.116. The van der Waals surface area contributed by atoms with Gasteiger partial charge in [-0.25, -0.2) is 4.39 Å². The number of hydrogen-bond acceptors (Lipinski definition) is 3. The van der Waals surface area contributed by atoms with Crippen molar-refractivity contribution in [2.24, 2.45) is 0 Å². The van der Waals surface area contributed by atoms with Crippen LogP contribution >= 0.6 is 11.6 Å². The molecule has 0 saturated carbocycles. The molecule has 0 saturated heterocycles. The molecule has 1 aromatic rings. The molecular weight excluding hydrogens is 235 g/mol. The van der Waals surface area contributed by atoms with Gasteiger partial charge in [0.1, 0.15) is 24.8 Å². The first-order valence-corrected chi connectivity index (χ1v) is 5.23. The fourth-order valence-corrected chi connectivity index (χ4v) is 1.82. The Kier molecular flexibility index (Phi) is 3.01. The molecule has 0 aromatic heterocycles. The van der Waals surface area contributed by atoms with Crippen LogP contribution < -0.4 is 9.47 Å². The fourth-order valence-electron chi connectivity index (χ4n) is 1.60. The molecule has 1 aliphatic rings. The highest BCUT2D eigenvalue weighted by Crippen LogP contribution is 2.39. The molecule has 1 aliphatic heterocycles. The van der Waals surface area contributed by atoms with Gasteiger partial charge in [0.05, 0.1) is 5.02 Å². The van der Waals surface area contributed by atoms with E-state index in [1.54, 1.807) is 0 Å². The van der Waals surface area contributed by atoms with E-state index in [4.69, 9.17) is 21.1 Å². The smallest absolute Gasteiger partial charge is 0.168 e. The third-order valence-corrected chi connectivity index (χ3v) is 2.52. The Morgan fingerprint density at radius 1 is 1.50 bits per heavy atom. The van der Waals surface area contributed by atoms with E-state index in [1.165, 1.54) is 13.0 Å². The third kappa shape index (κ3) is 1.97. The van der Waals surface area contributed by atoms with Gasteiger partial charge < -0.3 is 9.47 Å². The first-order valence-electron chi connectivity index (χ1n) is 4.85. The SMILES string of the molecule is CC(=O)Cc1c(F)c(Cl)cc2c1OCCO2. The van der Waals surface area contributed by atoms with Crippen molar-refractivity contribution in [1.82, 2.24) is 0 Å². The van der Waals surface area contributed by atoms with Crippen LogP contribution in [0.15, 0.2) is 6.07 Å². The molecule has 0 N–H and O–H groups in total. The van der Waals surface area contributed by atoms with E-state index in [0.717, 1.165) is 0 Å². The van der Waals surface area contributed by atoms with Gasteiger partial charge in [0.25, 0.3) is 0 Å². The van der Waals surface area contributed by atoms with Crippen molar-refractivity contribution in [3.05, 3.63) is 22.5 Å². The van der Waals surface area contributed by atoms with Gasteiger partial charge in [-0.1, -0.05) is 11.6 Å². The van der Waals surface area contributed by atoms with E-state index in [-0.39, 0.29) is 22.8 Å². The van der Waals surface area contributed by atoms with Crippen LogP contribution in [0.1, 0.15) is 12.5 Å². The van der Waals surface area contributed by atoms with E-state index in [9.17, 15) is 9.18 Å². The first kappa shape index (κ1) is 11.2. The monoisotopic (exact) mass is 244 g/mol. The molecule has 5 heteroatoms. The van der Waals surface area contributed by atoms with Gasteiger partial charge in [0, 0.05) is 18.1 Å². The Morgan fingerprint density at radius 3 is 2.88 bits per heavy atom. The molecule has 0 fully saturated rings. The summed E-state index contributed by atoms with van der Waals surface area (Å²) in [6.45, 7) is 2.13. The predicted molar refractivity (Wildman–Crippen MR) is 56.8 cm³/mol. The minimum atomic E-state index is -0.610. The van der Waals surface area contributed by atoms with E-state index in [1.807, 2.05) is 0 Å². The van der Waals surface area contributed by atoms with Crippen molar-refractivity contribution in [3.8, 4) is 11.5 Å². The van der Waals surface area contributed by atoms with Crippen molar-refractivity contribution in [1.29, 1.82) is 0 Å². The van der Waals surface area contributed by atoms with Crippen LogP contribution in [0, 0.1) is 5.82 Å². The summed E-state index contributed by atoms with van der Waals surface area (Å²) >= 11 is 5.71. The number of rotatable bonds is 2. The highest BCUT2D eigenvalue weighted by Gasteiger charge is 2.23. The summed E-state index contributed by atoms with van der Waals surface area (Å²) in [5.74, 6) is -0.0732. The van der Waals surface area contributed by atoms with Gasteiger partial charge in [-0.15, -0.1) is 0 Å². The summed E-state index contributed by atoms with van der Waals surface area (Å²) in [4.78, 5) is 11.1. The quantitative estimate of drug-likeness (QED) is 0.801. The normalized spacial score (nSPS) is 13.7. The molecule has 0 radical (unpaired) electrons. The zero-order valence-electron chi connectivity index (χ0n) is 8.68. The number of carbonyl (C=O) groups excluding carboxylic acids is 1. The number of fused-ring (bicyclic) bond motifs is 1.